The molecular formula is C14H15N5O. The highest BCUT2D eigenvalue weighted by molar-refractivity contribution is 5.80. The van der Waals surface area contributed by atoms with Crippen molar-refractivity contribution in [3.8, 4) is 0 Å². The maximum Gasteiger partial charge on any atom is 0.240 e. The van der Waals surface area contributed by atoms with Crippen molar-refractivity contribution >= 4 is 16.9 Å². The maximum absolute atomic E-state index is 12.1. The minimum absolute atomic E-state index is 0.0538. The summed E-state index contributed by atoms with van der Waals surface area (Å²) in [4.78, 5) is 16.3. The minimum atomic E-state index is -0.0731. The highest BCUT2D eigenvalue weighted by atomic mass is 16.2. The molecule has 0 radical (unpaired) electrons. The molecule has 3 rings (SSSR count). The zero-order chi connectivity index (χ0) is 13.9. The van der Waals surface area contributed by atoms with Crippen molar-refractivity contribution in [2.75, 3.05) is 0 Å². The summed E-state index contributed by atoms with van der Waals surface area (Å²) in [5.74, 6) is -0.0538. The molecule has 0 aliphatic carbocycles. The lowest BCUT2D eigenvalue weighted by atomic mass is 10.2. The molecule has 1 aromatic carbocycles. The predicted molar refractivity (Wildman–Crippen MR) is 74.9 cm³/mol. The van der Waals surface area contributed by atoms with E-state index in [-0.39, 0.29) is 18.5 Å². The van der Waals surface area contributed by atoms with Gasteiger partial charge in [0, 0.05) is 11.8 Å². The van der Waals surface area contributed by atoms with Gasteiger partial charge in [-0.3, -0.25) is 9.89 Å². The van der Waals surface area contributed by atoms with Crippen molar-refractivity contribution in [3.05, 3.63) is 48.5 Å². The third-order valence-electron chi connectivity index (χ3n) is 3.24. The van der Waals surface area contributed by atoms with Crippen LogP contribution < -0.4 is 5.32 Å². The summed E-state index contributed by atoms with van der Waals surface area (Å²) in [7, 11) is 0. The van der Waals surface area contributed by atoms with Gasteiger partial charge in [0.15, 0.2) is 0 Å². The van der Waals surface area contributed by atoms with Gasteiger partial charge >= 0.3 is 0 Å². The van der Waals surface area contributed by atoms with Gasteiger partial charge in [-0.05, 0) is 19.1 Å². The Bertz CT molecular complexity index is 716. The van der Waals surface area contributed by atoms with Crippen molar-refractivity contribution in [2.45, 2.75) is 19.5 Å². The average molecular weight is 269 g/mol. The standard InChI is InChI=1S/C14H15N5O/c1-10(11-6-16-17-7-11)18-14(20)8-19-9-15-12-4-2-3-5-13(12)19/h2-7,9-10H,8H2,1H3,(H,16,17)(H,18,20). The molecule has 6 nitrogen and oxygen atoms in total. The van der Waals surface area contributed by atoms with Crippen LogP contribution in [-0.4, -0.2) is 25.7 Å². The molecule has 0 aliphatic rings. The highest BCUT2D eigenvalue weighted by Crippen LogP contribution is 2.12. The fourth-order valence-electron chi connectivity index (χ4n) is 2.16. The summed E-state index contributed by atoms with van der Waals surface area (Å²) < 4.78 is 1.84. The van der Waals surface area contributed by atoms with Gasteiger partial charge in [0.1, 0.15) is 6.54 Å². The summed E-state index contributed by atoms with van der Waals surface area (Å²) in [5.41, 5.74) is 2.80. The Labute approximate surface area is 115 Å². The summed E-state index contributed by atoms with van der Waals surface area (Å²) >= 11 is 0. The Kier molecular flexibility index (Phi) is 3.20. The molecular weight excluding hydrogens is 254 g/mol. The number of nitrogens with zero attached hydrogens (tertiary/aromatic N) is 3. The van der Waals surface area contributed by atoms with Gasteiger partial charge in [-0.15, -0.1) is 0 Å². The molecule has 0 bridgehead atoms. The van der Waals surface area contributed by atoms with Crippen molar-refractivity contribution in [1.82, 2.24) is 25.1 Å². The summed E-state index contributed by atoms with van der Waals surface area (Å²) in [6, 6.07) is 7.68. The van der Waals surface area contributed by atoms with Crippen LogP contribution in [-0.2, 0) is 11.3 Å². The lowest BCUT2D eigenvalue weighted by Gasteiger charge is -2.12. The minimum Gasteiger partial charge on any atom is -0.348 e. The number of para-hydroxylation sites is 2. The fourth-order valence-corrected chi connectivity index (χ4v) is 2.16. The largest absolute Gasteiger partial charge is 0.348 e. The third kappa shape index (κ3) is 2.40. The van der Waals surface area contributed by atoms with Crippen LogP contribution in [0.3, 0.4) is 0 Å². The van der Waals surface area contributed by atoms with Crippen LogP contribution in [0.4, 0.5) is 0 Å². The molecule has 0 saturated heterocycles. The molecule has 0 saturated carbocycles. The number of amides is 1. The second-order valence-corrected chi connectivity index (χ2v) is 4.68. The van der Waals surface area contributed by atoms with E-state index >= 15 is 0 Å². The Morgan fingerprint density at radius 1 is 1.45 bits per heavy atom. The number of H-pyrrole nitrogens is 1. The number of aromatic amines is 1. The number of rotatable bonds is 4. The van der Waals surface area contributed by atoms with Crippen LogP contribution >= 0.6 is 0 Å². The van der Waals surface area contributed by atoms with Crippen LogP contribution in [0.1, 0.15) is 18.5 Å². The Balaban J connectivity index is 1.70. The quantitative estimate of drug-likeness (QED) is 0.756. The number of nitrogens with one attached hydrogen (secondary N) is 2. The normalized spacial score (nSPS) is 12.4. The number of carbonyl (C=O) groups is 1. The number of hydrogen-bond donors (Lipinski definition) is 2. The highest BCUT2D eigenvalue weighted by Gasteiger charge is 2.12. The summed E-state index contributed by atoms with van der Waals surface area (Å²) in [5, 5.41) is 9.55. The fraction of sp³-hybridized carbons (Fsp3) is 0.214. The van der Waals surface area contributed by atoms with E-state index in [1.807, 2.05) is 35.8 Å². The van der Waals surface area contributed by atoms with Gasteiger partial charge in [-0.2, -0.15) is 5.10 Å². The molecule has 2 aromatic heterocycles. The summed E-state index contributed by atoms with van der Waals surface area (Å²) in [6.07, 6.45) is 5.17. The van der Waals surface area contributed by atoms with Crippen molar-refractivity contribution in [1.29, 1.82) is 0 Å². The molecule has 102 valence electrons. The Morgan fingerprint density at radius 2 is 2.30 bits per heavy atom. The molecule has 0 fully saturated rings. The number of hydrogen-bond acceptors (Lipinski definition) is 3. The van der Waals surface area contributed by atoms with E-state index < -0.39 is 0 Å². The van der Waals surface area contributed by atoms with E-state index in [0.717, 1.165) is 16.6 Å². The van der Waals surface area contributed by atoms with Crippen LogP contribution in [0.5, 0.6) is 0 Å². The van der Waals surface area contributed by atoms with E-state index in [1.165, 1.54) is 0 Å². The average Bonchev–Trinajstić information content (AvgIpc) is 3.09. The third-order valence-corrected chi connectivity index (χ3v) is 3.24. The van der Waals surface area contributed by atoms with Crippen LogP contribution in [0.2, 0.25) is 0 Å². The van der Waals surface area contributed by atoms with E-state index in [2.05, 4.69) is 20.5 Å². The second-order valence-electron chi connectivity index (χ2n) is 4.68. The maximum atomic E-state index is 12.1. The van der Waals surface area contributed by atoms with Crippen molar-refractivity contribution in [2.24, 2.45) is 0 Å². The van der Waals surface area contributed by atoms with E-state index in [4.69, 9.17) is 0 Å². The SMILES string of the molecule is CC(NC(=O)Cn1cnc2ccccc21)c1cn[nH]c1. The first kappa shape index (κ1) is 12.4. The van der Waals surface area contributed by atoms with E-state index in [1.54, 1.807) is 18.7 Å². The van der Waals surface area contributed by atoms with E-state index in [9.17, 15) is 4.79 Å². The first-order valence-electron chi connectivity index (χ1n) is 6.42. The van der Waals surface area contributed by atoms with Gasteiger partial charge < -0.3 is 9.88 Å². The van der Waals surface area contributed by atoms with Crippen molar-refractivity contribution < 1.29 is 4.79 Å². The predicted octanol–water partition coefficient (Wildman–Crippen LogP) is 1.64. The molecule has 6 heteroatoms. The second kappa shape index (κ2) is 5.16. The lowest BCUT2D eigenvalue weighted by Crippen LogP contribution is -2.29. The van der Waals surface area contributed by atoms with Crippen LogP contribution in [0, 0.1) is 0 Å². The van der Waals surface area contributed by atoms with Crippen LogP contribution in [0.25, 0.3) is 11.0 Å². The zero-order valence-electron chi connectivity index (χ0n) is 11.1. The van der Waals surface area contributed by atoms with Crippen molar-refractivity contribution in [3.63, 3.8) is 0 Å². The van der Waals surface area contributed by atoms with E-state index in [0.29, 0.717) is 0 Å². The molecule has 0 spiro atoms. The first-order valence-corrected chi connectivity index (χ1v) is 6.42. The summed E-state index contributed by atoms with van der Waals surface area (Å²) in [6.45, 7) is 2.18. The number of benzene rings is 1. The molecule has 0 aliphatic heterocycles. The van der Waals surface area contributed by atoms with Gasteiger partial charge in [-0.1, -0.05) is 12.1 Å². The molecule has 1 unspecified atom stereocenters. The van der Waals surface area contributed by atoms with Gasteiger partial charge in [0.2, 0.25) is 5.91 Å². The molecule has 20 heavy (non-hydrogen) atoms. The van der Waals surface area contributed by atoms with Gasteiger partial charge in [0.05, 0.1) is 29.6 Å². The zero-order valence-corrected chi connectivity index (χ0v) is 11.1. The van der Waals surface area contributed by atoms with Crippen LogP contribution in [0.15, 0.2) is 43.0 Å². The lowest BCUT2D eigenvalue weighted by molar-refractivity contribution is -0.122. The smallest absolute Gasteiger partial charge is 0.240 e. The molecule has 1 amide bonds. The Morgan fingerprint density at radius 3 is 3.10 bits per heavy atom. The monoisotopic (exact) mass is 269 g/mol. The number of carbonyl (C=O) groups excluding carboxylic acids is 1. The van der Waals surface area contributed by atoms with Gasteiger partial charge in [0.25, 0.3) is 0 Å². The number of fused-ring (bicyclic) bond motifs is 1. The topological polar surface area (TPSA) is 75.6 Å². The first-order chi connectivity index (χ1) is 9.74. The number of imidazole rings is 1. The Hall–Kier alpha value is -2.63. The molecule has 2 heterocycles. The molecule has 2 N–H and O–H groups in total. The number of aromatic nitrogens is 4. The van der Waals surface area contributed by atoms with Gasteiger partial charge in [-0.25, -0.2) is 4.98 Å². The molecule has 1 atom stereocenters. The molecule has 3 aromatic rings.